The number of nitrogens with one attached hydrogen (secondary N) is 1. The molecule has 0 spiro atoms. The van der Waals surface area contributed by atoms with Gasteiger partial charge in [0.25, 0.3) is 0 Å². The van der Waals surface area contributed by atoms with Gasteiger partial charge in [0, 0.05) is 25.9 Å². The van der Waals surface area contributed by atoms with Crippen LogP contribution in [0.15, 0.2) is 42.6 Å². The third-order valence-corrected chi connectivity index (χ3v) is 3.15. The Morgan fingerprint density at radius 3 is 2.86 bits per heavy atom. The van der Waals surface area contributed by atoms with Gasteiger partial charge in [-0.25, -0.2) is 4.79 Å². The average Bonchev–Trinajstić information content (AvgIpc) is 2.91. The molecule has 0 fully saturated rings. The van der Waals surface area contributed by atoms with Crippen LogP contribution in [0.4, 0.5) is 0 Å². The molecule has 0 bridgehead atoms. The summed E-state index contributed by atoms with van der Waals surface area (Å²) < 4.78 is 1.67. The van der Waals surface area contributed by atoms with Gasteiger partial charge in [0.2, 0.25) is 5.91 Å². The summed E-state index contributed by atoms with van der Waals surface area (Å²) in [5, 5.41) is 15.7. The van der Waals surface area contributed by atoms with Gasteiger partial charge in [-0.1, -0.05) is 12.1 Å². The highest BCUT2D eigenvalue weighted by Gasteiger charge is 2.03. The molecular weight excluding hydrogens is 282 g/mol. The maximum atomic E-state index is 11.7. The molecule has 0 radical (unpaired) electrons. The smallest absolute Gasteiger partial charge is 0.335 e. The number of aromatic carboxylic acids is 1. The van der Waals surface area contributed by atoms with Crippen molar-refractivity contribution >= 4 is 18.0 Å². The highest BCUT2D eigenvalue weighted by molar-refractivity contribution is 5.91. The zero-order valence-corrected chi connectivity index (χ0v) is 12.2. The van der Waals surface area contributed by atoms with Gasteiger partial charge in [-0.2, -0.15) is 5.10 Å². The molecule has 1 aromatic heterocycles. The molecule has 0 saturated carbocycles. The summed E-state index contributed by atoms with van der Waals surface area (Å²) in [6.07, 6.45) is 5.37. The van der Waals surface area contributed by atoms with E-state index < -0.39 is 5.97 Å². The number of carbonyl (C=O) groups excluding carboxylic acids is 1. The number of aryl methyl sites for hydroxylation is 1. The molecule has 0 aliphatic carbocycles. The number of amides is 1. The Hall–Kier alpha value is -2.89. The van der Waals surface area contributed by atoms with E-state index in [4.69, 9.17) is 5.11 Å². The minimum Gasteiger partial charge on any atom is -0.478 e. The lowest BCUT2D eigenvalue weighted by atomic mass is 10.1. The van der Waals surface area contributed by atoms with Crippen molar-refractivity contribution in [3.63, 3.8) is 0 Å². The summed E-state index contributed by atoms with van der Waals surface area (Å²) in [7, 11) is 1.80. The molecule has 0 unspecified atom stereocenters. The van der Waals surface area contributed by atoms with Gasteiger partial charge in [-0.05, 0) is 36.3 Å². The highest BCUT2D eigenvalue weighted by Crippen LogP contribution is 2.05. The molecule has 1 amide bonds. The van der Waals surface area contributed by atoms with Crippen LogP contribution in [0.3, 0.4) is 0 Å². The van der Waals surface area contributed by atoms with Crippen LogP contribution in [0.5, 0.6) is 0 Å². The Labute approximate surface area is 128 Å². The average molecular weight is 299 g/mol. The molecule has 0 aliphatic heterocycles. The van der Waals surface area contributed by atoms with Crippen molar-refractivity contribution in [1.29, 1.82) is 0 Å². The van der Waals surface area contributed by atoms with E-state index in [-0.39, 0.29) is 11.5 Å². The quantitative estimate of drug-likeness (QED) is 0.792. The molecule has 0 atom stereocenters. The maximum absolute atomic E-state index is 11.7. The number of nitrogens with zero attached hydrogens (tertiary/aromatic N) is 2. The molecule has 2 aromatic rings. The Morgan fingerprint density at radius 2 is 2.18 bits per heavy atom. The van der Waals surface area contributed by atoms with Crippen LogP contribution in [0.25, 0.3) is 6.08 Å². The highest BCUT2D eigenvalue weighted by atomic mass is 16.4. The lowest BCUT2D eigenvalue weighted by Crippen LogP contribution is -2.23. The summed E-state index contributed by atoms with van der Waals surface area (Å²) >= 11 is 0. The van der Waals surface area contributed by atoms with E-state index in [0.29, 0.717) is 13.0 Å². The topological polar surface area (TPSA) is 84.2 Å². The number of carbonyl (C=O) groups is 2. The molecule has 6 heteroatoms. The summed E-state index contributed by atoms with van der Waals surface area (Å²) in [6.45, 7) is 0.442. The van der Waals surface area contributed by atoms with Crippen LogP contribution < -0.4 is 5.32 Å². The van der Waals surface area contributed by atoms with Crippen molar-refractivity contribution < 1.29 is 14.7 Å². The number of carboxylic acid groups (broad SMARTS) is 1. The Morgan fingerprint density at radius 1 is 1.36 bits per heavy atom. The zero-order valence-electron chi connectivity index (χ0n) is 12.2. The molecule has 2 N–H and O–H groups in total. The molecule has 2 rings (SSSR count). The predicted molar refractivity (Wildman–Crippen MR) is 82.4 cm³/mol. The van der Waals surface area contributed by atoms with Crippen LogP contribution >= 0.6 is 0 Å². The van der Waals surface area contributed by atoms with Crippen molar-refractivity contribution in [2.45, 2.75) is 6.42 Å². The summed E-state index contributed by atoms with van der Waals surface area (Å²) in [4.78, 5) is 22.6. The van der Waals surface area contributed by atoms with Crippen LogP contribution in [-0.2, 0) is 18.3 Å². The number of benzene rings is 1. The first-order chi connectivity index (χ1) is 10.6. The van der Waals surface area contributed by atoms with Crippen molar-refractivity contribution in [3.8, 4) is 0 Å². The van der Waals surface area contributed by atoms with Crippen LogP contribution in [0.1, 0.15) is 21.6 Å². The normalized spacial score (nSPS) is 10.8. The van der Waals surface area contributed by atoms with E-state index >= 15 is 0 Å². The first-order valence-electron chi connectivity index (χ1n) is 6.82. The fourth-order valence-corrected chi connectivity index (χ4v) is 1.96. The van der Waals surface area contributed by atoms with Gasteiger partial charge < -0.3 is 10.4 Å². The van der Waals surface area contributed by atoms with Crippen molar-refractivity contribution in [3.05, 3.63) is 59.4 Å². The Kier molecular flexibility index (Phi) is 5.08. The molecule has 1 heterocycles. The molecule has 0 aliphatic rings. The number of rotatable bonds is 6. The van der Waals surface area contributed by atoms with E-state index in [1.807, 2.05) is 6.07 Å². The van der Waals surface area contributed by atoms with Crippen LogP contribution in [0.2, 0.25) is 0 Å². The van der Waals surface area contributed by atoms with E-state index in [0.717, 1.165) is 11.3 Å². The van der Waals surface area contributed by atoms with E-state index in [2.05, 4.69) is 10.4 Å². The van der Waals surface area contributed by atoms with Crippen molar-refractivity contribution in [2.75, 3.05) is 6.54 Å². The fraction of sp³-hybridized carbons (Fsp3) is 0.188. The second kappa shape index (κ2) is 7.21. The maximum Gasteiger partial charge on any atom is 0.335 e. The van der Waals surface area contributed by atoms with Crippen molar-refractivity contribution in [2.24, 2.45) is 7.05 Å². The third kappa shape index (κ3) is 4.31. The van der Waals surface area contributed by atoms with Gasteiger partial charge in [0.05, 0.1) is 11.3 Å². The zero-order chi connectivity index (χ0) is 15.9. The largest absolute Gasteiger partial charge is 0.478 e. The first-order valence-corrected chi connectivity index (χ1v) is 6.82. The summed E-state index contributed by atoms with van der Waals surface area (Å²) in [5.74, 6) is -1.15. The van der Waals surface area contributed by atoms with Gasteiger partial charge in [-0.15, -0.1) is 0 Å². The fourth-order valence-electron chi connectivity index (χ4n) is 1.96. The second-order valence-corrected chi connectivity index (χ2v) is 4.76. The first kappa shape index (κ1) is 15.5. The van der Waals surface area contributed by atoms with E-state index in [9.17, 15) is 9.59 Å². The minimum atomic E-state index is -0.954. The Balaban J connectivity index is 1.82. The molecular formula is C16H17N3O3. The number of aromatic nitrogens is 2. The minimum absolute atomic E-state index is 0.199. The predicted octanol–water partition coefficient (Wildman–Crippen LogP) is 1.49. The monoisotopic (exact) mass is 299 g/mol. The molecule has 114 valence electrons. The standard InChI is InChI=1S/C16H17N3O3/c1-19-14(8-10-18-19)5-6-15(20)17-9-7-12-3-2-4-13(11-12)16(21)22/h2-6,8,10-11H,7,9H2,1H3,(H,17,20)(H,21,22). The summed E-state index contributed by atoms with van der Waals surface area (Å²) in [6, 6.07) is 8.50. The number of hydrogen-bond acceptors (Lipinski definition) is 3. The molecule has 6 nitrogen and oxygen atoms in total. The van der Waals surface area contributed by atoms with Crippen molar-refractivity contribution in [1.82, 2.24) is 15.1 Å². The lowest BCUT2D eigenvalue weighted by Gasteiger charge is -2.04. The lowest BCUT2D eigenvalue weighted by molar-refractivity contribution is -0.116. The molecule has 22 heavy (non-hydrogen) atoms. The van der Waals surface area contributed by atoms with Gasteiger partial charge >= 0.3 is 5.97 Å². The van der Waals surface area contributed by atoms with Crippen LogP contribution in [-0.4, -0.2) is 33.3 Å². The Bertz CT molecular complexity index is 704. The van der Waals surface area contributed by atoms with Crippen LogP contribution in [0, 0.1) is 0 Å². The van der Waals surface area contributed by atoms with Gasteiger partial charge in [0.1, 0.15) is 0 Å². The SMILES string of the molecule is Cn1nccc1C=CC(=O)NCCc1cccc(C(=O)O)c1. The molecule has 1 aromatic carbocycles. The number of carboxylic acids is 1. The summed E-state index contributed by atoms with van der Waals surface area (Å²) in [5.41, 5.74) is 1.96. The second-order valence-electron chi connectivity index (χ2n) is 4.76. The van der Waals surface area contributed by atoms with E-state index in [1.54, 1.807) is 48.3 Å². The van der Waals surface area contributed by atoms with Gasteiger partial charge in [-0.3, -0.25) is 9.48 Å². The molecule has 0 saturated heterocycles. The number of hydrogen-bond donors (Lipinski definition) is 2. The van der Waals surface area contributed by atoms with Gasteiger partial charge in [0.15, 0.2) is 0 Å². The third-order valence-electron chi connectivity index (χ3n) is 3.15. The van der Waals surface area contributed by atoms with E-state index in [1.165, 1.54) is 6.08 Å².